The summed E-state index contributed by atoms with van der Waals surface area (Å²) in [7, 11) is -1.32. The van der Waals surface area contributed by atoms with Crippen LogP contribution in [0, 0.1) is 0 Å². The van der Waals surface area contributed by atoms with Crippen LogP contribution < -0.4 is 0 Å². The van der Waals surface area contributed by atoms with Crippen molar-refractivity contribution < 1.29 is 22.7 Å². The van der Waals surface area contributed by atoms with Crippen molar-refractivity contribution in [3.05, 3.63) is 0 Å². The van der Waals surface area contributed by atoms with E-state index >= 15 is 0 Å². The Bertz CT molecular complexity index is 666. The smallest absolute Gasteiger partial charge is 0.410 e. The number of sulfone groups is 1. The molecule has 2 aliphatic heterocycles. The van der Waals surface area contributed by atoms with Crippen molar-refractivity contribution in [2.75, 3.05) is 44.7 Å². The van der Waals surface area contributed by atoms with Crippen molar-refractivity contribution in [2.24, 2.45) is 0 Å². The van der Waals surface area contributed by atoms with Crippen molar-refractivity contribution >= 4 is 21.8 Å². The lowest BCUT2D eigenvalue weighted by atomic mass is 10.1. The fourth-order valence-electron chi connectivity index (χ4n) is 3.77. The van der Waals surface area contributed by atoms with Crippen LogP contribution in [-0.4, -0.2) is 97.5 Å². The summed E-state index contributed by atoms with van der Waals surface area (Å²) in [5, 5.41) is 0. The van der Waals surface area contributed by atoms with Gasteiger partial charge in [-0.25, -0.2) is 13.2 Å². The second kappa shape index (κ2) is 8.98. The maximum Gasteiger partial charge on any atom is 0.410 e. The summed E-state index contributed by atoms with van der Waals surface area (Å²) in [6, 6.07) is -0.515. The second-order valence-electron chi connectivity index (χ2n) is 8.81. The zero-order valence-corrected chi connectivity index (χ0v) is 18.6. The summed E-state index contributed by atoms with van der Waals surface area (Å²) >= 11 is 0. The van der Waals surface area contributed by atoms with E-state index in [1.807, 2.05) is 27.7 Å². The molecule has 0 unspecified atom stereocenters. The van der Waals surface area contributed by atoms with Crippen molar-refractivity contribution in [3.8, 4) is 0 Å². The van der Waals surface area contributed by atoms with E-state index in [1.165, 1.54) is 0 Å². The summed E-state index contributed by atoms with van der Waals surface area (Å²) in [5.41, 5.74) is -0.529. The van der Waals surface area contributed by atoms with Crippen LogP contribution >= 0.6 is 0 Å². The van der Waals surface area contributed by atoms with Gasteiger partial charge in [-0.05, 0) is 33.6 Å². The minimum absolute atomic E-state index is 0.0188. The summed E-state index contributed by atoms with van der Waals surface area (Å²) in [5.74, 6) is 0.192. The van der Waals surface area contributed by atoms with Gasteiger partial charge >= 0.3 is 6.09 Å². The van der Waals surface area contributed by atoms with Gasteiger partial charge in [0.15, 0.2) is 9.84 Å². The minimum atomic E-state index is -3.03. The lowest BCUT2D eigenvalue weighted by Crippen LogP contribution is -2.57. The van der Waals surface area contributed by atoms with Crippen LogP contribution in [0.3, 0.4) is 0 Å². The first-order valence-corrected chi connectivity index (χ1v) is 11.9. The molecule has 0 aromatic rings. The lowest BCUT2D eigenvalue weighted by molar-refractivity contribution is -0.138. The van der Waals surface area contributed by atoms with Crippen molar-refractivity contribution in [3.63, 3.8) is 0 Å². The topological polar surface area (TPSA) is 87.2 Å². The van der Waals surface area contributed by atoms with Crippen molar-refractivity contribution in [1.82, 2.24) is 14.7 Å². The third kappa shape index (κ3) is 6.07. The van der Waals surface area contributed by atoms with Gasteiger partial charge in [0.1, 0.15) is 5.60 Å². The number of carbonyl (C=O) groups excluding carboxylic acids is 2. The number of nitrogens with zero attached hydrogens (tertiary/aromatic N) is 3. The minimum Gasteiger partial charge on any atom is -0.444 e. The van der Waals surface area contributed by atoms with E-state index in [0.717, 1.165) is 12.8 Å². The predicted molar refractivity (Wildman–Crippen MR) is 108 cm³/mol. The molecule has 9 heteroatoms. The predicted octanol–water partition coefficient (Wildman–Crippen LogP) is 1.35. The molecule has 0 aromatic carbocycles. The average Bonchev–Trinajstić information content (AvgIpc) is 2.97. The van der Waals surface area contributed by atoms with E-state index in [4.69, 9.17) is 4.74 Å². The molecule has 2 rings (SSSR count). The van der Waals surface area contributed by atoms with Gasteiger partial charge in [-0.3, -0.25) is 9.69 Å². The van der Waals surface area contributed by atoms with Gasteiger partial charge < -0.3 is 14.5 Å². The Labute approximate surface area is 169 Å². The summed E-state index contributed by atoms with van der Waals surface area (Å²) < 4.78 is 29.0. The van der Waals surface area contributed by atoms with Crippen molar-refractivity contribution in [2.45, 2.75) is 64.6 Å². The third-order valence-electron chi connectivity index (χ3n) is 5.36. The number of amides is 2. The SMILES string of the molecule is CCC[C@H](C(=O)N(C)[C@H]1CCS(=O)(=O)C1)N1CCN(C(=O)OC(C)(C)C)CC1. The molecule has 28 heavy (non-hydrogen) atoms. The van der Waals surface area contributed by atoms with Crippen LogP contribution in [0.25, 0.3) is 0 Å². The van der Waals surface area contributed by atoms with Crippen LogP contribution in [0.2, 0.25) is 0 Å². The molecule has 0 spiro atoms. The molecule has 0 aromatic heterocycles. The van der Waals surface area contributed by atoms with Crippen molar-refractivity contribution in [1.29, 1.82) is 0 Å². The van der Waals surface area contributed by atoms with E-state index in [1.54, 1.807) is 16.8 Å². The summed E-state index contributed by atoms with van der Waals surface area (Å²) in [4.78, 5) is 30.8. The quantitative estimate of drug-likeness (QED) is 0.671. The number of likely N-dealkylation sites (N-methyl/N-ethyl adjacent to an activating group) is 1. The van der Waals surface area contributed by atoms with Gasteiger partial charge in [-0.1, -0.05) is 13.3 Å². The number of hydrogen-bond donors (Lipinski definition) is 0. The fourth-order valence-corrected chi connectivity index (χ4v) is 5.55. The first kappa shape index (κ1) is 22.9. The Morgan fingerprint density at radius 1 is 1.18 bits per heavy atom. The van der Waals surface area contributed by atoms with Crippen LogP contribution in [0.1, 0.15) is 47.0 Å². The van der Waals surface area contributed by atoms with E-state index in [2.05, 4.69) is 4.90 Å². The van der Waals surface area contributed by atoms with E-state index in [-0.39, 0.29) is 35.6 Å². The molecule has 0 radical (unpaired) electrons. The molecule has 2 aliphatic rings. The van der Waals surface area contributed by atoms with E-state index in [9.17, 15) is 18.0 Å². The fraction of sp³-hybridized carbons (Fsp3) is 0.895. The van der Waals surface area contributed by atoms with E-state index < -0.39 is 15.4 Å². The molecule has 8 nitrogen and oxygen atoms in total. The van der Waals surface area contributed by atoms with Gasteiger partial charge in [-0.15, -0.1) is 0 Å². The summed E-state index contributed by atoms with van der Waals surface area (Å²) in [6.45, 7) is 9.81. The zero-order chi connectivity index (χ0) is 21.1. The molecule has 2 amide bonds. The molecular formula is C19H35N3O5S. The Kier molecular flexibility index (Phi) is 7.36. The van der Waals surface area contributed by atoms with Gasteiger partial charge in [0, 0.05) is 39.3 Å². The molecule has 0 N–H and O–H groups in total. The second-order valence-corrected chi connectivity index (χ2v) is 11.0. The number of ether oxygens (including phenoxy) is 1. The Morgan fingerprint density at radius 3 is 2.25 bits per heavy atom. The van der Waals surface area contributed by atoms with Crippen LogP contribution in [0.5, 0.6) is 0 Å². The molecule has 162 valence electrons. The highest BCUT2D eigenvalue weighted by molar-refractivity contribution is 7.91. The Balaban J connectivity index is 1.97. The molecule has 2 saturated heterocycles. The number of carbonyl (C=O) groups is 2. The van der Waals surface area contributed by atoms with Gasteiger partial charge in [0.25, 0.3) is 0 Å². The Morgan fingerprint density at radius 2 is 1.79 bits per heavy atom. The molecule has 2 atom stereocenters. The molecule has 0 saturated carbocycles. The zero-order valence-electron chi connectivity index (χ0n) is 17.8. The number of piperazine rings is 1. The Hall–Kier alpha value is -1.35. The molecule has 2 heterocycles. The van der Waals surface area contributed by atoms with Crippen LogP contribution in [0.15, 0.2) is 0 Å². The number of rotatable bonds is 5. The third-order valence-corrected chi connectivity index (χ3v) is 7.11. The molecule has 0 aliphatic carbocycles. The van der Waals surface area contributed by atoms with Gasteiger partial charge in [0.05, 0.1) is 17.5 Å². The van der Waals surface area contributed by atoms with E-state index in [0.29, 0.717) is 32.6 Å². The van der Waals surface area contributed by atoms with Crippen LogP contribution in [0.4, 0.5) is 4.79 Å². The lowest BCUT2D eigenvalue weighted by Gasteiger charge is -2.40. The standard InChI is InChI=1S/C19H35N3O5S/c1-6-7-16(17(23)20(5)15-8-13-28(25,26)14-15)21-9-11-22(12-10-21)18(24)27-19(2,3)4/h15-16H,6-14H2,1-5H3/t15-,16+/m0/s1. The largest absolute Gasteiger partial charge is 0.444 e. The summed E-state index contributed by atoms with van der Waals surface area (Å²) in [6.07, 6.45) is 1.77. The maximum absolute atomic E-state index is 13.1. The molecule has 0 bridgehead atoms. The van der Waals surface area contributed by atoms with Gasteiger partial charge in [-0.2, -0.15) is 0 Å². The highest BCUT2D eigenvalue weighted by Gasteiger charge is 2.37. The molecular weight excluding hydrogens is 382 g/mol. The number of hydrogen-bond acceptors (Lipinski definition) is 6. The maximum atomic E-state index is 13.1. The monoisotopic (exact) mass is 417 g/mol. The highest BCUT2D eigenvalue weighted by Crippen LogP contribution is 2.21. The first-order valence-electron chi connectivity index (χ1n) is 10.1. The highest BCUT2D eigenvalue weighted by atomic mass is 32.2. The normalized spacial score (nSPS) is 24.0. The van der Waals surface area contributed by atoms with Gasteiger partial charge in [0.2, 0.25) is 5.91 Å². The average molecular weight is 418 g/mol. The molecule has 2 fully saturated rings. The van der Waals surface area contributed by atoms with Crippen LogP contribution in [-0.2, 0) is 19.4 Å². The first-order chi connectivity index (χ1) is 12.9.